The molecule has 1 heterocycles. The van der Waals surface area contributed by atoms with E-state index in [1.165, 1.54) is 16.8 Å². The summed E-state index contributed by atoms with van der Waals surface area (Å²) in [5, 5.41) is 10.5. The number of amides is 2. The minimum atomic E-state index is -0.713. The second-order valence-corrected chi connectivity index (χ2v) is 10.6. The first kappa shape index (κ1) is 22.8. The molecule has 9 heteroatoms. The molecule has 7 nitrogen and oxygen atoms in total. The predicted octanol–water partition coefficient (Wildman–Crippen LogP) is 4.38. The second-order valence-electron chi connectivity index (χ2n) is 10.6. The molecule has 2 saturated carbocycles. The van der Waals surface area contributed by atoms with E-state index >= 15 is 0 Å². The van der Waals surface area contributed by atoms with E-state index in [4.69, 9.17) is 4.74 Å². The van der Waals surface area contributed by atoms with E-state index in [2.05, 4.69) is 15.7 Å². The van der Waals surface area contributed by atoms with Crippen LogP contribution in [-0.2, 0) is 11.2 Å². The quantitative estimate of drug-likeness (QED) is 0.692. The molecule has 34 heavy (non-hydrogen) atoms. The number of aromatic nitrogens is 2. The molecule has 3 aliphatic rings. The third kappa shape index (κ3) is 4.40. The molecular weight excluding hydrogens is 442 g/mol. The highest BCUT2D eigenvalue weighted by molar-refractivity contribution is 5.95. The van der Waals surface area contributed by atoms with Crippen molar-refractivity contribution in [3.05, 3.63) is 46.8 Å². The van der Waals surface area contributed by atoms with Crippen molar-refractivity contribution in [2.24, 2.45) is 5.92 Å². The molecular formula is C25H30F2N4O3. The molecule has 0 spiro atoms. The van der Waals surface area contributed by atoms with E-state index in [9.17, 15) is 18.4 Å². The molecule has 2 amide bonds. The number of fused-ring (bicyclic) bond motifs is 3. The zero-order chi connectivity index (χ0) is 24.2. The van der Waals surface area contributed by atoms with Crippen LogP contribution in [0.4, 0.5) is 13.6 Å². The van der Waals surface area contributed by atoms with Gasteiger partial charge in [-0.05, 0) is 64.5 Å². The summed E-state index contributed by atoms with van der Waals surface area (Å²) in [6.45, 7) is 5.41. The molecule has 182 valence electrons. The van der Waals surface area contributed by atoms with E-state index in [0.29, 0.717) is 5.92 Å². The minimum absolute atomic E-state index is 0.145. The smallest absolute Gasteiger partial charge is 0.407 e. The van der Waals surface area contributed by atoms with Crippen LogP contribution in [0.15, 0.2) is 18.2 Å². The van der Waals surface area contributed by atoms with E-state index < -0.39 is 23.3 Å². The number of benzene rings is 1. The largest absolute Gasteiger partial charge is 0.444 e. The van der Waals surface area contributed by atoms with E-state index in [-0.39, 0.29) is 35.3 Å². The van der Waals surface area contributed by atoms with Crippen LogP contribution < -0.4 is 10.6 Å². The van der Waals surface area contributed by atoms with Crippen molar-refractivity contribution < 1.29 is 23.1 Å². The zero-order valence-corrected chi connectivity index (χ0v) is 19.7. The van der Waals surface area contributed by atoms with Crippen LogP contribution >= 0.6 is 0 Å². The average molecular weight is 473 g/mol. The van der Waals surface area contributed by atoms with Crippen molar-refractivity contribution in [1.29, 1.82) is 0 Å². The Labute approximate surface area is 197 Å². The number of carbonyl (C=O) groups is 2. The molecule has 2 fully saturated rings. The number of nitrogens with zero attached hydrogens (tertiary/aromatic N) is 2. The summed E-state index contributed by atoms with van der Waals surface area (Å²) < 4.78 is 34.9. The molecule has 4 atom stereocenters. The lowest BCUT2D eigenvalue weighted by atomic mass is 9.90. The Morgan fingerprint density at radius 2 is 1.82 bits per heavy atom. The normalized spacial score (nSPS) is 25.3. The zero-order valence-electron chi connectivity index (χ0n) is 19.7. The lowest BCUT2D eigenvalue weighted by molar-refractivity contribution is 0.0474. The number of hydrogen-bond donors (Lipinski definition) is 2. The Bertz CT molecular complexity index is 1140. The highest BCUT2D eigenvalue weighted by atomic mass is 19.1. The molecule has 0 aliphatic heterocycles. The fraction of sp³-hybridized carbons (Fsp3) is 0.560. The fourth-order valence-electron chi connectivity index (χ4n) is 5.31. The molecule has 3 aliphatic carbocycles. The van der Waals surface area contributed by atoms with Crippen molar-refractivity contribution in [2.45, 2.75) is 82.9 Å². The van der Waals surface area contributed by atoms with Gasteiger partial charge in [0.15, 0.2) is 11.5 Å². The van der Waals surface area contributed by atoms with Crippen LogP contribution in [0.2, 0.25) is 0 Å². The standard InChI is InChI=1S/C25H30F2N4O3/c1-25(2,3)34-24(33)29-19-7-5-4-6-18(19)28-23(32)21-16-11-13-10-15(13)22(16)31(30-21)20-9-8-14(26)12-17(20)27/h8-9,12-13,15,18-19H,4-7,10-11H2,1-3H3,(H,28,32)(H,29,33)/t13-,15-,18+,19?/m1/s1. The Morgan fingerprint density at radius 1 is 1.12 bits per heavy atom. The van der Waals surface area contributed by atoms with Gasteiger partial charge in [-0.25, -0.2) is 18.3 Å². The van der Waals surface area contributed by atoms with Gasteiger partial charge in [0, 0.05) is 23.6 Å². The number of carbonyl (C=O) groups excluding carboxylic acids is 2. The van der Waals surface area contributed by atoms with Crippen LogP contribution in [-0.4, -0.2) is 39.5 Å². The van der Waals surface area contributed by atoms with Crippen LogP contribution in [0.3, 0.4) is 0 Å². The highest BCUT2D eigenvalue weighted by Gasteiger charge is 2.50. The van der Waals surface area contributed by atoms with E-state index in [1.807, 2.05) is 0 Å². The summed E-state index contributed by atoms with van der Waals surface area (Å²) in [5.74, 6) is -1.000. The molecule has 1 unspecified atom stereocenters. The van der Waals surface area contributed by atoms with Crippen LogP contribution in [0.1, 0.15) is 80.5 Å². The van der Waals surface area contributed by atoms with E-state index in [0.717, 1.165) is 55.8 Å². The van der Waals surface area contributed by atoms with Crippen molar-refractivity contribution in [1.82, 2.24) is 20.4 Å². The number of halogens is 2. The monoisotopic (exact) mass is 472 g/mol. The fourth-order valence-corrected chi connectivity index (χ4v) is 5.31. The van der Waals surface area contributed by atoms with Gasteiger partial charge < -0.3 is 15.4 Å². The van der Waals surface area contributed by atoms with E-state index in [1.54, 1.807) is 20.8 Å². The first-order chi connectivity index (χ1) is 16.1. The third-order valence-electron chi connectivity index (χ3n) is 6.90. The third-order valence-corrected chi connectivity index (χ3v) is 6.90. The number of rotatable bonds is 4. The topological polar surface area (TPSA) is 85.2 Å². The summed E-state index contributed by atoms with van der Waals surface area (Å²) in [4.78, 5) is 25.7. The van der Waals surface area contributed by atoms with Gasteiger partial charge in [0.1, 0.15) is 17.1 Å². The Morgan fingerprint density at radius 3 is 2.50 bits per heavy atom. The molecule has 2 N–H and O–H groups in total. The van der Waals surface area contributed by atoms with Crippen LogP contribution in [0, 0.1) is 17.6 Å². The number of hydrogen-bond acceptors (Lipinski definition) is 4. The lowest BCUT2D eigenvalue weighted by Crippen LogP contribution is -2.54. The maximum Gasteiger partial charge on any atom is 0.407 e. The highest BCUT2D eigenvalue weighted by Crippen LogP contribution is 2.57. The van der Waals surface area contributed by atoms with Crippen molar-refractivity contribution in [3.8, 4) is 5.69 Å². The molecule has 0 bridgehead atoms. The average Bonchev–Trinajstić information content (AvgIpc) is 3.24. The molecule has 5 rings (SSSR count). The molecule has 1 aromatic carbocycles. The summed E-state index contributed by atoms with van der Waals surface area (Å²) in [5.41, 5.74) is 1.52. The Kier molecular flexibility index (Phi) is 5.61. The molecule has 0 radical (unpaired) electrons. The van der Waals surface area contributed by atoms with Crippen molar-refractivity contribution in [3.63, 3.8) is 0 Å². The number of ether oxygens (including phenoxy) is 1. The Hall–Kier alpha value is -2.97. The first-order valence-electron chi connectivity index (χ1n) is 12.0. The van der Waals surface area contributed by atoms with Gasteiger partial charge >= 0.3 is 6.09 Å². The Balaban J connectivity index is 1.37. The molecule has 1 aromatic heterocycles. The summed E-state index contributed by atoms with van der Waals surface area (Å²) in [6.07, 6.45) is 4.58. The van der Waals surface area contributed by atoms with Gasteiger partial charge in [0.25, 0.3) is 5.91 Å². The lowest BCUT2D eigenvalue weighted by Gasteiger charge is -2.33. The van der Waals surface area contributed by atoms with Gasteiger partial charge in [0.2, 0.25) is 0 Å². The summed E-state index contributed by atoms with van der Waals surface area (Å²) in [6, 6.07) is 2.88. The van der Waals surface area contributed by atoms with Gasteiger partial charge in [-0.3, -0.25) is 4.79 Å². The van der Waals surface area contributed by atoms with Crippen molar-refractivity contribution >= 4 is 12.0 Å². The maximum absolute atomic E-state index is 14.6. The predicted molar refractivity (Wildman–Crippen MR) is 121 cm³/mol. The second kappa shape index (κ2) is 8.36. The number of alkyl carbamates (subject to hydrolysis) is 1. The van der Waals surface area contributed by atoms with Crippen molar-refractivity contribution in [2.75, 3.05) is 0 Å². The van der Waals surface area contributed by atoms with Gasteiger partial charge in [-0.2, -0.15) is 5.10 Å². The SMILES string of the molecule is CC(C)(C)OC(=O)NC1CCCC[C@@H]1NC(=O)c1nn(-c2ccc(F)cc2F)c2c1C[C@H]1C[C@@H]21. The van der Waals surface area contributed by atoms with Gasteiger partial charge in [-0.1, -0.05) is 12.8 Å². The summed E-state index contributed by atoms with van der Waals surface area (Å²) in [7, 11) is 0. The van der Waals surface area contributed by atoms with Gasteiger partial charge in [0.05, 0.1) is 11.7 Å². The minimum Gasteiger partial charge on any atom is -0.444 e. The maximum atomic E-state index is 14.6. The van der Waals surface area contributed by atoms with Gasteiger partial charge in [-0.15, -0.1) is 0 Å². The summed E-state index contributed by atoms with van der Waals surface area (Å²) >= 11 is 0. The number of nitrogens with one attached hydrogen (secondary N) is 2. The molecule has 0 saturated heterocycles. The molecule has 2 aromatic rings. The first-order valence-corrected chi connectivity index (χ1v) is 12.0. The van der Waals surface area contributed by atoms with Crippen LogP contribution in [0.25, 0.3) is 5.69 Å². The van der Waals surface area contributed by atoms with Crippen LogP contribution in [0.5, 0.6) is 0 Å².